The summed E-state index contributed by atoms with van der Waals surface area (Å²) in [6.45, 7) is 14.7. The molecule has 0 N–H and O–H groups in total. The Balaban J connectivity index is 1.53. The van der Waals surface area contributed by atoms with Gasteiger partial charge in [-0.05, 0) is 58.2 Å². The highest BCUT2D eigenvalue weighted by Crippen LogP contribution is 2.37. The normalized spacial score (nSPS) is 15.3. The summed E-state index contributed by atoms with van der Waals surface area (Å²) in [6, 6.07) is 9.74. The average Bonchev–Trinajstić information content (AvgIpc) is 3.30. The van der Waals surface area contributed by atoms with Gasteiger partial charge in [-0.3, -0.25) is 0 Å². The van der Waals surface area contributed by atoms with E-state index in [9.17, 15) is 8.42 Å². The lowest BCUT2D eigenvalue weighted by molar-refractivity contribution is 0.383. The van der Waals surface area contributed by atoms with E-state index >= 15 is 0 Å². The molecule has 206 valence electrons. The maximum absolute atomic E-state index is 14.1. The molecule has 38 heavy (non-hydrogen) atoms. The molecule has 0 amide bonds. The molecule has 0 atom stereocenters. The van der Waals surface area contributed by atoms with E-state index in [0.717, 1.165) is 27.5 Å². The zero-order chi connectivity index (χ0) is 27.8. The van der Waals surface area contributed by atoms with E-state index in [2.05, 4.69) is 58.6 Å². The number of rotatable bonds is 8. The minimum Gasteiger partial charge on any atom is -0.345 e. The molecule has 3 aromatic rings. The van der Waals surface area contributed by atoms with Gasteiger partial charge in [0.05, 0.1) is 10.6 Å². The Morgan fingerprint density at radius 3 is 1.89 bits per heavy atom. The third-order valence-electron chi connectivity index (χ3n) is 7.03. The van der Waals surface area contributed by atoms with E-state index in [-0.39, 0.29) is 11.8 Å². The van der Waals surface area contributed by atoms with Gasteiger partial charge in [0.1, 0.15) is 0 Å². The lowest BCUT2D eigenvalue weighted by Crippen LogP contribution is -2.49. The van der Waals surface area contributed by atoms with E-state index in [0.29, 0.717) is 53.5 Å². The van der Waals surface area contributed by atoms with E-state index in [4.69, 9.17) is 28.2 Å². The van der Waals surface area contributed by atoms with E-state index in [1.807, 2.05) is 17.5 Å². The molecule has 1 aliphatic rings. The van der Waals surface area contributed by atoms with Crippen molar-refractivity contribution >= 4 is 49.7 Å². The number of benzene rings is 2. The Kier molecular flexibility index (Phi) is 9.15. The summed E-state index contributed by atoms with van der Waals surface area (Å²) in [6.07, 6.45) is 0.646. The summed E-state index contributed by atoms with van der Waals surface area (Å²) in [7, 11) is -3.64. The minimum atomic E-state index is -3.64. The van der Waals surface area contributed by atoms with Gasteiger partial charge < -0.3 is 4.90 Å². The lowest BCUT2D eigenvalue weighted by Gasteiger charge is -2.35. The number of aromatic nitrogens is 1. The Morgan fingerprint density at radius 1 is 0.842 bits per heavy atom. The molecule has 1 aromatic heterocycles. The van der Waals surface area contributed by atoms with Crippen LogP contribution in [0, 0.1) is 0 Å². The van der Waals surface area contributed by atoms with Crippen LogP contribution in [0.1, 0.15) is 87.2 Å². The Morgan fingerprint density at radius 2 is 1.39 bits per heavy atom. The number of sulfonamides is 1. The molecule has 0 saturated carbocycles. The molecular formula is C29H37Cl2N3O2S2. The molecule has 0 unspecified atom stereocenters. The van der Waals surface area contributed by atoms with Gasteiger partial charge in [-0.1, -0.05) is 76.9 Å². The maximum Gasteiger partial charge on any atom is 0.243 e. The van der Waals surface area contributed by atoms with Crippen LogP contribution in [0.25, 0.3) is 0 Å². The summed E-state index contributed by atoms with van der Waals surface area (Å²) in [4.78, 5) is 7.52. The predicted octanol–water partition coefficient (Wildman–Crippen LogP) is 7.92. The third-order valence-corrected chi connectivity index (χ3v) is 10.5. The fourth-order valence-corrected chi connectivity index (χ4v) is 8.42. The Bertz CT molecular complexity index is 1340. The second-order valence-corrected chi connectivity index (χ2v) is 14.5. The highest BCUT2D eigenvalue weighted by atomic mass is 35.5. The highest BCUT2D eigenvalue weighted by molar-refractivity contribution is 7.89. The summed E-state index contributed by atoms with van der Waals surface area (Å²) in [5, 5.41) is 4.19. The van der Waals surface area contributed by atoms with Gasteiger partial charge in [-0.2, -0.15) is 4.31 Å². The van der Waals surface area contributed by atoms with Crippen LogP contribution in [0.2, 0.25) is 10.0 Å². The van der Waals surface area contributed by atoms with Crippen molar-refractivity contribution in [1.29, 1.82) is 0 Å². The van der Waals surface area contributed by atoms with Crippen LogP contribution in [0.15, 0.2) is 40.6 Å². The monoisotopic (exact) mass is 593 g/mol. The first kappa shape index (κ1) is 29.3. The molecule has 2 heterocycles. The van der Waals surface area contributed by atoms with Crippen molar-refractivity contribution in [1.82, 2.24) is 9.29 Å². The first-order valence-electron chi connectivity index (χ1n) is 13.2. The lowest BCUT2D eigenvalue weighted by atomic mass is 9.89. The first-order chi connectivity index (χ1) is 17.9. The number of hydrogen-bond acceptors (Lipinski definition) is 5. The number of halogens is 2. The van der Waals surface area contributed by atoms with Crippen molar-refractivity contribution in [2.24, 2.45) is 0 Å². The van der Waals surface area contributed by atoms with Gasteiger partial charge in [0.25, 0.3) is 0 Å². The number of thiazole rings is 1. The SMILES string of the molecule is CC(C)c1cc(C(C)C)c(S(=O)(=O)N2CCN(c3nc(Cc4cc(Cl)cc(Cl)c4)cs3)CC2)c(C(C)C)c1. The number of hydrogen-bond donors (Lipinski definition) is 0. The molecule has 2 aromatic carbocycles. The average molecular weight is 595 g/mol. The first-order valence-corrected chi connectivity index (χ1v) is 16.3. The van der Waals surface area contributed by atoms with E-state index in [1.54, 1.807) is 21.7 Å². The predicted molar refractivity (Wildman–Crippen MR) is 161 cm³/mol. The van der Waals surface area contributed by atoms with Crippen molar-refractivity contribution in [2.45, 2.75) is 70.6 Å². The van der Waals surface area contributed by atoms with Crippen LogP contribution in [0.3, 0.4) is 0 Å². The summed E-state index contributed by atoms with van der Waals surface area (Å²) in [5.41, 5.74) is 5.01. The quantitative estimate of drug-likeness (QED) is 0.266. The van der Waals surface area contributed by atoms with Crippen LogP contribution in [0.4, 0.5) is 5.13 Å². The second kappa shape index (κ2) is 11.8. The van der Waals surface area contributed by atoms with Gasteiger partial charge in [-0.25, -0.2) is 13.4 Å². The van der Waals surface area contributed by atoms with Crippen LogP contribution < -0.4 is 4.90 Å². The van der Waals surface area contributed by atoms with Crippen molar-refractivity contribution in [2.75, 3.05) is 31.1 Å². The highest BCUT2D eigenvalue weighted by Gasteiger charge is 2.34. The van der Waals surface area contributed by atoms with Crippen molar-refractivity contribution in [3.63, 3.8) is 0 Å². The molecule has 0 aliphatic carbocycles. The summed E-state index contributed by atoms with van der Waals surface area (Å²) in [5.74, 6) is 0.560. The van der Waals surface area contributed by atoms with E-state index in [1.165, 1.54) is 5.56 Å². The molecule has 1 saturated heterocycles. The molecule has 5 nitrogen and oxygen atoms in total. The van der Waals surface area contributed by atoms with Gasteiger partial charge in [0.15, 0.2) is 5.13 Å². The standard InChI is InChI=1S/C29H37Cl2N3O2S2/c1-18(2)22-14-26(19(3)4)28(27(15-22)20(5)6)38(35,36)34-9-7-33(8-10-34)29-32-25(17-37-29)13-21-11-23(30)16-24(31)12-21/h11-12,14-20H,7-10,13H2,1-6H3. The summed E-state index contributed by atoms with van der Waals surface area (Å²) >= 11 is 13.9. The molecule has 0 bridgehead atoms. The smallest absolute Gasteiger partial charge is 0.243 e. The second-order valence-electron chi connectivity index (χ2n) is 11.0. The molecule has 4 rings (SSSR count). The maximum atomic E-state index is 14.1. The molecule has 0 spiro atoms. The molecule has 1 aliphatic heterocycles. The fourth-order valence-electron chi connectivity index (χ4n) is 4.88. The molecule has 0 radical (unpaired) electrons. The van der Waals surface area contributed by atoms with E-state index < -0.39 is 10.0 Å². The Labute approximate surface area is 241 Å². The number of anilines is 1. The fraction of sp³-hybridized carbons (Fsp3) is 0.483. The Hall–Kier alpha value is -1.64. The molecule has 1 fully saturated rings. The van der Waals surface area contributed by atoms with Crippen molar-refractivity contribution < 1.29 is 8.42 Å². The van der Waals surface area contributed by atoms with Crippen LogP contribution in [0.5, 0.6) is 0 Å². The summed E-state index contributed by atoms with van der Waals surface area (Å²) < 4.78 is 29.9. The zero-order valence-corrected chi connectivity index (χ0v) is 26.1. The van der Waals surface area contributed by atoms with Gasteiger partial charge in [-0.15, -0.1) is 11.3 Å². The topological polar surface area (TPSA) is 53.5 Å². The minimum absolute atomic E-state index is 0.111. The van der Waals surface area contributed by atoms with Gasteiger partial charge in [0.2, 0.25) is 10.0 Å². The van der Waals surface area contributed by atoms with Crippen LogP contribution in [-0.4, -0.2) is 43.9 Å². The molecular weight excluding hydrogens is 557 g/mol. The third kappa shape index (κ3) is 6.39. The van der Waals surface area contributed by atoms with Crippen molar-refractivity contribution in [3.8, 4) is 0 Å². The molecule has 9 heteroatoms. The van der Waals surface area contributed by atoms with Gasteiger partial charge in [0, 0.05) is 48.0 Å². The number of piperazine rings is 1. The van der Waals surface area contributed by atoms with Crippen LogP contribution >= 0.6 is 34.5 Å². The zero-order valence-electron chi connectivity index (χ0n) is 23.0. The van der Waals surface area contributed by atoms with Crippen molar-refractivity contribution in [3.05, 3.63) is 73.7 Å². The number of nitrogens with zero attached hydrogens (tertiary/aromatic N) is 3. The largest absolute Gasteiger partial charge is 0.345 e. The van der Waals surface area contributed by atoms with Crippen LogP contribution in [-0.2, 0) is 16.4 Å². The van der Waals surface area contributed by atoms with Gasteiger partial charge >= 0.3 is 0 Å².